The molecule has 1 amide bonds. The molecule has 0 bridgehead atoms. The zero-order valence-corrected chi connectivity index (χ0v) is 18.0. The average molecular weight is 542 g/mol. The number of aromatic nitrogens is 2. The van der Waals surface area contributed by atoms with Crippen molar-refractivity contribution in [1.29, 1.82) is 0 Å². The number of thiazole rings is 1. The van der Waals surface area contributed by atoms with Crippen LogP contribution >= 0.6 is 45.5 Å². The molecule has 11 heteroatoms. The van der Waals surface area contributed by atoms with Gasteiger partial charge in [0.1, 0.15) is 15.8 Å². The molecule has 3 rings (SSSR count). The highest BCUT2D eigenvalue weighted by molar-refractivity contribution is 14.1. The summed E-state index contributed by atoms with van der Waals surface area (Å²) >= 11 is 7.88. The average Bonchev–Trinajstić information content (AvgIpc) is 2.92. The molecule has 0 saturated carbocycles. The van der Waals surface area contributed by atoms with Gasteiger partial charge < -0.3 is 5.32 Å². The molecule has 0 atom stereocenters. The van der Waals surface area contributed by atoms with E-state index in [2.05, 4.69) is 10.3 Å². The summed E-state index contributed by atoms with van der Waals surface area (Å²) in [6.45, 7) is 2.07. The topological polar surface area (TPSA) is 63.5 Å². The number of fused-ring (bicyclic) bond motifs is 1. The largest absolute Gasteiger partial charge is 0.351 e. The Morgan fingerprint density at radius 2 is 2.14 bits per heavy atom. The van der Waals surface area contributed by atoms with Crippen molar-refractivity contribution in [2.75, 3.05) is 6.54 Å². The molecule has 0 saturated heterocycles. The number of nitrogens with zero attached hydrogens (tertiary/aromatic N) is 2. The van der Waals surface area contributed by atoms with Crippen LogP contribution in [0.25, 0.3) is 4.96 Å². The summed E-state index contributed by atoms with van der Waals surface area (Å²) < 4.78 is 39.3. The second-order valence-electron chi connectivity index (χ2n) is 5.74. The normalized spacial score (nSPS) is 11.8. The van der Waals surface area contributed by atoms with Gasteiger partial charge in [-0.25, -0.2) is 13.8 Å². The second kappa shape index (κ2) is 7.99. The fraction of sp³-hybridized carbons (Fsp3) is 0.235. The Kier molecular flexibility index (Phi) is 6.01. The molecule has 0 fully saturated rings. The zero-order valence-electron chi connectivity index (χ0n) is 14.2. The van der Waals surface area contributed by atoms with Crippen LogP contribution in [0.15, 0.2) is 29.1 Å². The summed E-state index contributed by atoms with van der Waals surface area (Å²) in [5.74, 6) is -1.56. The molecule has 28 heavy (non-hydrogen) atoms. The lowest BCUT2D eigenvalue weighted by molar-refractivity contribution is 0.0950. The van der Waals surface area contributed by atoms with Crippen molar-refractivity contribution < 1.29 is 18.0 Å². The minimum Gasteiger partial charge on any atom is -0.351 e. The van der Waals surface area contributed by atoms with Crippen molar-refractivity contribution in [3.05, 3.63) is 67.3 Å². The summed E-state index contributed by atoms with van der Waals surface area (Å²) in [5.41, 5.74) is -1.17. The summed E-state index contributed by atoms with van der Waals surface area (Å²) in [6.07, 6.45) is -0.163. The lowest BCUT2D eigenvalue weighted by atomic mass is 10.1. The molecular weight excluding hydrogens is 530 g/mol. The monoisotopic (exact) mass is 541 g/mol. The Labute approximate surface area is 179 Å². The van der Waals surface area contributed by atoms with Crippen LogP contribution in [0.4, 0.5) is 13.2 Å². The smallest absolute Gasteiger partial charge is 0.324 e. The number of rotatable bonds is 5. The van der Waals surface area contributed by atoms with E-state index < -0.39 is 26.8 Å². The molecule has 0 radical (unpaired) electrons. The van der Waals surface area contributed by atoms with Crippen LogP contribution < -0.4 is 10.9 Å². The number of carbonyl (C=O) groups excluding carboxylic acids is 1. The van der Waals surface area contributed by atoms with E-state index in [9.17, 15) is 22.8 Å². The van der Waals surface area contributed by atoms with E-state index in [4.69, 9.17) is 11.6 Å². The van der Waals surface area contributed by atoms with E-state index in [1.54, 1.807) is 6.92 Å². The predicted octanol–water partition coefficient (Wildman–Crippen LogP) is 4.37. The van der Waals surface area contributed by atoms with Crippen LogP contribution in [-0.2, 0) is 10.4 Å². The standard InChI is InChI=1S/C17H12ClF3IN3O2S/c1-2-23-15(27)13-14(18)28-16-24-9(7-11(26)25(13)16)6-8-4-3-5-10(12(8)19)17(20,21)22/h3-5,7H,2,6H2,1H3,(H,23,27). The fourth-order valence-corrected chi connectivity index (χ4v) is 4.32. The van der Waals surface area contributed by atoms with Gasteiger partial charge in [0.05, 0.1) is 11.3 Å². The summed E-state index contributed by atoms with van der Waals surface area (Å²) in [7, 11) is 0. The number of benzene rings is 1. The van der Waals surface area contributed by atoms with Crippen molar-refractivity contribution in [1.82, 2.24) is 14.7 Å². The van der Waals surface area contributed by atoms with E-state index >= 15 is 0 Å². The quantitative estimate of drug-likeness (QED) is 0.385. The summed E-state index contributed by atoms with van der Waals surface area (Å²) in [6, 6.07) is 4.81. The van der Waals surface area contributed by atoms with Gasteiger partial charge in [-0.3, -0.25) is 9.59 Å². The molecule has 3 aromatic rings. The van der Waals surface area contributed by atoms with Gasteiger partial charge >= 0.3 is 3.93 Å². The van der Waals surface area contributed by atoms with Crippen LogP contribution in [-0.4, -0.2) is 21.8 Å². The van der Waals surface area contributed by atoms with Crippen molar-refractivity contribution in [2.45, 2.75) is 17.3 Å². The molecule has 1 N–H and O–H groups in total. The Morgan fingerprint density at radius 1 is 1.43 bits per heavy atom. The third-order valence-electron chi connectivity index (χ3n) is 3.84. The Morgan fingerprint density at radius 3 is 2.79 bits per heavy atom. The van der Waals surface area contributed by atoms with Crippen molar-refractivity contribution >= 4 is 56.4 Å². The number of amides is 1. The summed E-state index contributed by atoms with van der Waals surface area (Å²) in [4.78, 5) is 29.1. The van der Waals surface area contributed by atoms with E-state index in [1.807, 2.05) is 0 Å². The first kappa shape index (κ1) is 21.1. The van der Waals surface area contributed by atoms with Gasteiger partial charge in [0, 0.05) is 41.6 Å². The number of nitrogens with one attached hydrogen (secondary N) is 1. The SMILES string of the molecule is CCNC(=O)c1c(Cl)sc2nc(Cc3cccc(C(F)(F)I)c3F)cc(=O)n12. The molecule has 2 heterocycles. The fourth-order valence-electron chi connectivity index (χ4n) is 2.65. The highest BCUT2D eigenvalue weighted by Crippen LogP contribution is 2.37. The van der Waals surface area contributed by atoms with E-state index in [0.29, 0.717) is 6.54 Å². The van der Waals surface area contributed by atoms with Gasteiger partial charge in [0.15, 0.2) is 4.96 Å². The Balaban J connectivity index is 2.06. The van der Waals surface area contributed by atoms with Crippen molar-refractivity contribution in [3.63, 3.8) is 0 Å². The molecule has 1 aromatic carbocycles. The molecule has 0 unspecified atom stereocenters. The zero-order chi connectivity index (χ0) is 20.6. The van der Waals surface area contributed by atoms with Gasteiger partial charge in [0.25, 0.3) is 11.5 Å². The highest BCUT2D eigenvalue weighted by Gasteiger charge is 2.31. The first-order valence-corrected chi connectivity index (χ1v) is 10.2. The number of alkyl halides is 3. The van der Waals surface area contributed by atoms with Crippen LogP contribution in [0.3, 0.4) is 0 Å². The van der Waals surface area contributed by atoms with Gasteiger partial charge in [-0.2, -0.15) is 8.78 Å². The first-order valence-electron chi connectivity index (χ1n) is 7.97. The second-order valence-corrected chi connectivity index (χ2v) is 8.68. The lowest BCUT2D eigenvalue weighted by Gasteiger charge is -2.12. The van der Waals surface area contributed by atoms with E-state index in [0.717, 1.165) is 50.5 Å². The Hall–Kier alpha value is -1.66. The van der Waals surface area contributed by atoms with Crippen LogP contribution in [0.2, 0.25) is 4.34 Å². The molecule has 0 aliphatic carbocycles. The van der Waals surface area contributed by atoms with Gasteiger partial charge in [-0.05, 0) is 18.6 Å². The van der Waals surface area contributed by atoms with Crippen molar-refractivity contribution in [2.24, 2.45) is 0 Å². The molecule has 0 aliphatic rings. The van der Waals surface area contributed by atoms with Crippen LogP contribution in [0.5, 0.6) is 0 Å². The minimum atomic E-state index is -3.36. The third kappa shape index (κ3) is 4.03. The summed E-state index contributed by atoms with van der Waals surface area (Å²) in [5, 5.41) is 2.56. The molecule has 148 valence electrons. The maximum atomic E-state index is 14.5. The maximum absolute atomic E-state index is 14.5. The number of carbonyl (C=O) groups is 1. The van der Waals surface area contributed by atoms with E-state index in [-0.39, 0.29) is 32.7 Å². The van der Waals surface area contributed by atoms with Gasteiger partial charge in [-0.15, -0.1) is 0 Å². The molecule has 5 nitrogen and oxygen atoms in total. The number of halogens is 5. The highest BCUT2D eigenvalue weighted by atomic mass is 127. The van der Waals surface area contributed by atoms with Gasteiger partial charge in [0.2, 0.25) is 0 Å². The Bertz CT molecular complexity index is 1130. The molecule has 2 aromatic heterocycles. The van der Waals surface area contributed by atoms with Crippen LogP contribution in [0, 0.1) is 5.82 Å². The lowest BCUT2D eigenvalue weighted by Crippen LogP contribution is -2.28. The molecular formula is C17H12ClF3IN3O2S. The first-order chi connectivity index (χ1) is 13.1. The predicted molar refractivity (Wildman–Crippen MR) is 109 cm³/mol. The molecule has 0 spiro atoms. The maximum Gasteiger partial charge on any atom is 0.324 e. The third-order valence-corrected chi connectivity index (χ3v) is 5.66. The minimum absolute atomic E-state index is 0.0170. The molecule has 0 aliphatic heterocycles. The van der Waals surface area contributed by atoms with Crippen molar-refractivity contribution in [3.8, 4) is 0 Å². The van der Waals surface area contributed by atoms with E-state index in [1.165, 1.54) is 12.1 Å². The number of hydrogen-bond acceptors (Lipinski definition) is 4. The number of hydrogen-bond donors (Lipinski definition) is 1. The van der Waals surface area contributed by atoms with Gasteiger partial charge in [-0.1, -0.05) is 35.1 Å². The van der Waals surface area contributed by atoms with Crippen LogP contribution in [0.1, 0.15) is 34.2 Å².